The number of halogens is 4. The monoisotopic (exact) mass is 380 g/mol. The lowest BCUT2D eigenvalue weighted by atomic mass is 10.2. The minimum Gasteiger partial charge on any atom is -0.146 e. The van der Waals surface area contributed by atoms with Crippen LogP contribution >= 0.6 is 44.3 Å². The lowest BCUT2D eigenvalue weighted by Gasteiger charge is -2.24. The fourth-order valence-electron chi connectivity index (χ4n) is 2.18. The topological polar surface area (TPSA) is 0 Å². The van der Waals surface area contributed by atoms with Crippen molar-refractivity contribution < 1.29 is 0 Å². The molecular formula is C13H28Cl4Si2. The average molecular weight is 382 g/mol. The van der Waals surface area contributed by atoms with Gasteiger partial charge < -0.3 is 0 Å². The van der Waals surface area contributed by atoms with Crippen LogP contribution in [0.2, 0.25) is 17.8 Å². The highest BCUT2D eigenvalue weighted by molar-refractivity contribution is 7.56. The molecule has 0 fully saturated rings. The molecule has 19 heavy (non-hydrogen) atoms. The molecule has 0 N–H and O–H groups in total. The second kappa shape index (κ2) is 11.2. The van der Waals surface area contributed by atoms with Gasteiger partial charge in [-0.1, -0.05) is 65.2 Å². The van der Waals surface area contributed by atoms with Gasteiger partial charge in [0.25, 0.3) is 13.4 Å². The van der Waals surface area contributed by atoms with Crippen LogP contribution in [-0.2, 0) is 0 Å². The summed E-state index contributed by atoms with van der Waals surface area (Å²) in [7, 11) is 0. The largest absolute Gasteiger partial charge is 0.251 e. The zero-order chi connectivity index (χ0) is 14.8. The first kappa shape index (κ1) is 20.6. The fourth-order valence-corrected chi connectivity index (χ4v) is 20.4. The first-order valence-corrected chi connectivity index (χ1v) is 16.5. The zero-order valence-corrected chi connectivity index (χ0v) is 17.3. The number of hydrogen-bond donors (Lipinski definition) is 0. The predicted octanol–water partition coefficient (Wildman–Crippen LogP) is 7.53. The standard InChI is InChI=1S/C13H28Cl4Si2/c1-3-5-7-9-11-18(14,15)13-19(16,17)12-10-8-6-4-2/h3-13H2,1-2H3. The molecule has 0 aliphatic rings. The number of hydrogen-bond acceptors (Lipinski definition) is 0. The maximum Gasteiger partial charge on any atom is 0.251 e. The molecule has 0 aromatic heterocycles. The van der Waals surface area contributed by atoms with Crippen LogP contribution in [0.3, 0.4) is 0 Å². The Labute approximate surface area is 140 Å². The first-order chi connectivity index (χ1) is 8.83. The molecule has 0 unspecified atom stereocenters. The Balaban J connectivity index is 3.93. The van der Waals surface area contributed by atoms with Gasteiger partial charge in [0.15, 0.2) is 0 Å². The summed E-state index contributed by atoms with van der Waals surface area (Å²) in [6, 6.07) is 1.89. The third kappa shape index (κ3) is 13.0. The summed E-state index contributed by atoms with van der Waals surface area (Å²) in [6.07, 6.45) is 9.70. The van der Waals surface area contributed by atoms with Crippen LogP contribution < -0.4 is 0 Å². The molecule has 0 aromatic carbocycles. The Hall–Kier alpha value is 1.59. The fraction of sp³-hybridized carbons (Fsp3) is 1.00. The van der Waals surface area contributed by atoms with Gasteiger partial charge in [-0.15, -0.1) is 44.3 Å². The molecule has 0 atom stereocenters. The van der Waals surface area contributed by atoms with Gasteiger partial charge in [-0.25, -0.2) is 0 Å². The van der Waals surface area contributed by atoms with Crippen LogP contribution in [0, 0.1) is 0 Å². The average Bonchev–Trinajstić information content (AvgIpc) is 2.29. The second-order valence-corrected chi connectivity index (χ2v) is 21.2. The van der Waals surface area contributed by atoms with E-state index in [4.69, 9.17) is 44.3 Å². The second-order valence-electron chi connectivity index (χ2n) is 5.51. The lowest BCUT2D eigenvalue weighted by Crippen LogP contribution is -2.32. The van der Waals surface area contributed by atoms with Crippen LogP contribution in [0.15, 0.2) is 0 Å². The van der Waals surface area contributed by atoms with Gasteiger partial charge in [-0.2, -0.15) is 0 Å². The van der Waals surface area contributed by atoms with Gasteiger partial charge in [0.05, 0.1) is 0 Å². The maximum absolute atomic E-state index is 6.51. The van der Waals surface area contributed by atoms with E-state index in [1.807, 2.05) is 0 Å². The highest BCUT2D eigenvalue weighted by Crippen LogP contribution is 2.39. The van der Waals surface area contributed by atoms with E-state index in [9.17, 15) is 0 Å². The van der Waals surface area contributed by atoms with Gasteiger partial charge in [0, 0.05) is 0 Å². The van der Waals surface area contributed by atoms with E-state index in [0.717, 1.165) is 30.6 Å². The minimum atomic E-state index is -2.21. The zero-order valence-electron chi connectivity index (χ0n) is 12.3. The summed E-state index contributed by atoms with van der Waals surface area (Å²) in [5.74, 6) is 0. The van der Waals surface area contributed by atoms with Crippen molar-refractivity contribution in [3.63, 3.8) is 0 Å². The molecule has 0 nitrogen and oxygen atoms in total. The molecule has 0 radical (unpaired) electrons. The molecule has 0 rings (SSSR count). The molecule has 0 heterocycles. The first-order valence-electron chi connectivity index (χ1n) is 7.58. The van der Waals surface area contributed by atoms with Crippen LogP contribution in [0.5, 0.6) is 0 Å². The molecule has 0 aliphatic carbocycles. The van der Waals surface area contributed by atoms with Crippen molar-refractivity contribution in [1.29, 1.82) is 0 Å². The van der Waals surface area contributed by atoms with Crippen molar-refractivity contribution in [2.45, 2.75) is 83.0 Å². The third-order valence-electron chi connectivity index (χ3n) is 3.31. The van der Waals surface area contributed by atoms with Crippen LogP contribution in [0.1, 0.15) is 65.2 Å². The van der Waals surface area contributed by atoms with E-state index < -0.39 is 13.4 Å². The van der Waals surface area contributed by atoms with Crippen molar-refractivity contribution in [2.24, 2.45) is 0 Å². The van der Waals surface area contributed by atoms with Crippen molar-refractivity contribution in [3.8, 4) is 0 Å². The van der Waals surface area contributed by atoms with Crippen molar-refractivity contribution in [1.82, 2.24) is 0 Å². The van der Waals surface area contributed by atoms with Crippen molar-refractivity contribution >= 4 is 57.7 Å². The summed E-state index contributed by atoms with van der Waals surface area (Å²) in [4.78, 5) is 0. The highest BCUT2D eigenvalue weighted by Gasteiger charge is 2.40. The Bertz CT molecular complexity index is 201. The minimum absolute atomic E-state index is 0.727. The lowest BCUT2D eigenvalue weighted by molar-refractivity contribution is 0.697. The molecule has 0 bridgehead atoms. The molecule has 0 saturated carbocycles. The molecule has 0 amide bonds. The van der Waals surface area contributed by atoms with Gasteiger partial charge in [-0.05, 0) is 17.8 Å². The Morgan fingerprint density at radius 3 is 1.26 bits per heavy atom. The van der Waals surface area contributed by atoms with Gasteiger partial charge >= 0.3 is 0 Å². The van der Waals surface area contributed by atoms with Crippen LogP contribution in [-0.4, -0.2) is 13.4 Å². The van der Waals surface area contributed by atoms with Gasteiger partial charge in [-0.3, -0.25) is 0 Å². The van der Waals surface area contributed by atoms with Crippen LogP contribution in [0.4, 0.5) is 0 Å². The summed E-state index contributed by atoms with van der Waals surface area (Å²) in [5.41, 5.74) is 0.727. The molecule has 6 heteroatoms. The molecule has 0 aromatic rings. The summed E-state index contributed by atoms with van der Waals surface area (Å²) < 4.78 is 0. The van der Waals surface area contributed by atoms with Crippen molar-refractivity contribution in [3.05, 3.63) is 0 Å². The van der Waals surface area contributed by atoms with E-state index in [1.54, 1.807) is 0 Å². The Morgan fingerprint density at radius 2 is 0.947 bits per heavy atom. The third-order valence-corrected chi connectivity index (χ3v) is 16.7. The van der Waals surface area contributed by atoms with Crippen molar-refractivity contribution in [2.75, 3.05) is 0 Å². The molecule has 0 aliphatic heterocycles. The van der Waals surface area contributed by atoms with E-state index in [-0.39, 0.29) is 0 Å². The van der Waals surface area contributed by atoms with Gasteiger partial charge in [0.1, 0.15) is 0 Å². The van der Waals surface area contributed by atoms with Gasteiger partial charge in [0.2, 0.25) is 0 Å². The Morgan fingerprint density at radius 1 is 0.579 bits per heavy atom. The van der Waals surface area contributed by atoms with E-state index >= 15 is 0 Å². The summed E-state index contributed by atoms with van der Waals surface area (Å²) in [6.45, 7) is -0.0175. The SMILES string of the molecule is CCCCCC[Si](Cl)(Cl)C[Si](Cl)(Cl)CCCCCC. The quantitative estimate of drug-likeness (QED) is 0.186. The molecule has 0 saturated heterocycles. The molecular weight excluding hydrogens is 354 g/mol. The number of unbranched alkanes of at least 4 members (excludes halogenated alkanes) is 6. The molecule has 116 valence electrons. The van der Waals surface area contributed by atoms with Crippen LogP contribution in [0.25, 0.3) is 0 Å². The normalized spacial score (nSPS) is 12.9. The van der Waals surface area contributed by atoms with E-state index in [2.05, 4.69) is 13.8 Å². The number of rotatable bonds is 12. The van der Waals surface area contributed by atoms with E-state index in [0.29, 0.717) is 0 Å². The molecule has 0 spiro atoms. The predicted molar refractivity (Wildman–Crippen MR) is 97.6 cm³/mol. The summed E-state index contributed by atoms with van der Waals surface area (Å²) >= 11 is 26.0. The Kier molecular flexibility index (Phi) is 12.1. The summed E-state index contributed by atoms with van der Waals surface area (Å²) in [5, 5.41) is 0. The maximum atomic E-state index is 6.51. The van der Waals surface area contributed by atoms with E-state index in [1.165, 1.54) is 38.5 Å². The smallest absolute Gasteiger partial charge is 0.146 e. The highest BCUT2D eigenvalue weighted by atomic mass is 35.7.